The number of carbonyl (C=O) groups excluding carboxylic acids is 3. The quantitative estimate of drug-likeness (QED) is 0.493. The normalized spacial score (nSPS) is 19.6. The first-order valence-electron chi connectivity index (χ1n) is 8.95. The summed E-state index contributed by atoms with van der Waals surface area (Å²) in [6.45, 7) is 0.213. The Kier molecular flexibility index (Phi) is 4.34. The van der Waals surface area contributed by atoms with Crippen LogP contribution in [0.3, 0.4) is 0 Å². The van der Waals surface area contributed by atoms with E-state index in [0.717, 1.165) is 17.7 Å². The number of H-pyrrole nitrogens is 1. The number of imide groups is 1. The van der Waals surface area contributed by atoms with Crippen molar-refractivity contribution < 1.29 is 23.6 Å². The first-order chi connectivity index (χ1) is 13.4. The van der Waals surface area contributed by atoms with Crippen LogP contribution in [0.1, 0.15) is 35.3 Å². The number of nitrogens with two attached hydrogens (primary N) is 1. The number of hydrogen-bond acceptors (Lipinski definition) is 6. The van der Waals surface area contributed by atoms with Gasteiger partial charge in [0.2, 0.25) is 11.8 Å². The van der Waals surface area contributed by atoms with Gasteiger partial charge < -0.3 is 5.73 Å². The van der Waals surface area contributed by atoms with Crippen LogP contribution in [0.25, 0.3) is 0 Å². The Morgan fingerprint density at radius 1 is 1.29 bits per heavy atom. The lowest BCUT2D eigenvalue weighted by Crippen LogP contribution is -2.47. The zero-order valence-electron chi connectivity index (χ0n) is 15.3. The number of hydrogen-bond donors (Lipinski definition) is 2. The van der Waals surface area contributed by atoms with Gasteiger partial charge in [0.15, 0.2) is 7.05 Å². The predicted octanol–water partition coefficient (Wildman–Crippen LogP) is -0.812. The zero-order chi connectivity index (χ0) is 20.0. The number of benzene rings is 1. The molecule has 10 heteroatoms. The van der Waals surface area contributed by atoms with Crippen LogP contribution in [0.4, 0.5) is 5.69 Å². The molecule has 0 bridgehead atoms. The van der Waals surface area contributed by atoms with Gasteiger partial charge in [0.25, 0.3) is 5.91 Å². The van der Waals surface area contributed by atoms with E-state index in [4.69, 9.17) is 10.3 Å². The minimum absolute atomic E-state index is 0.0341. The number of nitrogens with one attached hydrogen (secondary N) is 1. The third-order valence-corrected chi connectivity index (χ3v) is 5.20. The van der Waals surface area contributed by atoms with Crippen molar-refractivity contribution in [3.63, 3.8) is 0 Å². The summed E-state index contributed by atoms with van der Waals surface area (Å²) >= 11 is 0. The summed E-state index contributed by atoms with van der Waals surface area (Å²) in [6.07, 6.45) is 1.85. The van der Waals surface area contributed by atoms with E-state index < -0.39 is 17.6 Å². The van der Waals surface area contributed by atoms with Crippen molar-refractivity contribution in [3.8, 4) is 0 Å². The lowest BCUT2D eigenvalue weighted by Gasteiger charge is -2.25. The molecular formula is C18H20N5O5+. The van der Waals surface area contributed by atoms with Gasteiger partial charge in [-0.1, -0.05) is 4.68 Å². The van der Waals surface area contributed by atoms with E-state index in [1.807, 2.05) is 4.90 Å². The molecule has 28 heavy (non-hydrogen) atoms. The van der Waals surface area contributed by atoms with Crippen molar-refractivity contribution in [2.24, 2.45) is 12.8 Å². The minimum Gasteiger partial charge on any atom is -0.366 e. The Hall–Kier alpha value is -3.27. The summed E-state index contributed by atoms with van der Waals surface area (Å²) in [5, 5.41) is 2.46. The second kappa shape index (κ2) is 6.71. The molecule has 0 spiro atoms. The maximum atomic E-state index is 13.1. The molecule has 1 unspecified atom stereocenters. The molecule has 2 aromatic rings. The largest absolute Gasteiger partial charge is 0.431 e. The van der Waals surface area contributed by atoms with E-state index in [-0.39, 0.29) is 30.8 Å². The number of aryl methyl sites for hydroxylation is 1. The van der Waals surface area contributed by atoms with Crippen LogP contribution in [-0.2, 0) is 23.2 Å². The van der Waals surface area contributed by atoms with Crippen molar-refractivity contribution in [1.29, 1.82) is 0 Å². The van der Waals surface area contributed by atoms with E-state index in [2.05, 4.69) is 5.27 Å². The Bertz CT molecular complexity index is 1000. The summed E-state index contributed by atoms with van der Waals surface area (Å²) in [7, 11) is 1.65. The van der Waals surface area contributed by atoms with Crippen LogP contribution in [0, 0.1) is 0 Å². The monoisotopic (exact) mass is 386 g/mol. The molecule has 1 saturated carbocycles. The molecule has 1 saturated heterocycles. The van der Waals surface area contributed by atoms with E-state index >= 15 is 0 Å². The molecule has 1 aromatic carbocycles. The molecule has 2 heterocycles. The van der Waals surface area contributed by atoms with Gasteiger partial charge in [-0.3, -0.25) is 23.8 Å². The third kappa shape index (κ3) is 3.11. The molecule has 1 aliphatic carbocycles. The first-order valence-corrected chi connectivity index (χ1v) is 8.95. The second-order valence-electron chi connectivity index (χ2n) is 7.09. The molecule has 0 radical (unpaired) electrons. The molecule has 1 atom stereocenters. The summed E-state index contributed by atoms with van der Waals surface area (Å²) < 4.78 is 6.26. The van der Waals surface area contributed by atoms with Gasteiger partial charge in [-0.15, -0.1) is 0 Å². The SMILES string of the molecule is C[n+]1[nH]oc(=O)c1CN(C1CC1)C1CC(=O)N(c2ccc(C(N)=O)cc2)C1=O. The van der Waals surface area contributed by atoms with Gasteiger partial charge in [-0.05, 0) is 42.4 Å². The lowest BCUT2D eigenvalue weighted by molar-refractivity contribution is -0.747. The molecule has 10 nitrogen and oxygen atoms in total. The molecular weight excluding hydrogens is 366 g/mol. The number of nitrogens with zero attached hydrogens (tertiary/aromatic N) is 3. The van der Waals surface area contributed by atoms with Crippen molar-refractivity contribution >= 4 is 23.4 Å². The topological polar surface area (TPSA) is 134 Å². The number of primary amides is 1. The fourth-order valence-corrected chi connectivity index (χ4v) is 3.53. The van der Waals surface area contributed by atoms with Crippen LogP contribution >= 0.6 is 0 Å². The highest BCUT2D eigenvalue weighted by atomic mass is 16.5. The predicted molar refractivity (Wildman–Crippen MR) is 94.9 cm³/mol. The highest BCUT2D eigenvalue weighted by Gasteiger charge is 2.48. The van der Waals surface area contributed by atoms with E-state index in [1.165, 1.54) is 28.9 Å². The van der Waals surface area contributed by atoms with Crippen LogP contribution in [0.5, 0.6) is 0 Å². The number of aromatic amines is 1. The third-order valence-electron chi connectivity index (χ3n) is 5.20. The van der Waals surface area contributed by atoms with Gasteiger partial charge in [0.1, 0.15) is 0 Å². The Morgan fingerprint density at radius 3 is 2.50 bits per heavy atom. The fraction of sp³-hybridized carbons (Fsp3) is 0.389. The van der Waals surface area contributed by atoms with E-state index in [9.17, 15) is 19.2 Å². The van der Waals surface area contributed by atoms with Gasteiger partial charge in [-0.2, -0.15) is 0 Å². The number of aromatic nitrogens is 2. The van der Waals surface area contributed by atoms with Crippen LogP contribution in [-0.4, -0.2) is 40.0 Å². The van der Waals surface area contributed by atoms with E-state index in [1.54, 1.807) is 7.05 Å². The molecule has 3 N–H and O–H groups in total. The number of carbonyl (C=O) groups is 3. The van der Waals surface area contributed by atoms with Crippen LogP contribution in [0.15, 0.2) is 33.6 Å². The maximum absolute atomic E-state index is 13.1. The second-order valence-corrected chi connectivity index (χ2v) is 7.09. The first kappa shape index (κ1) is 18.1. The van der Waals surface area contributed by atoms with Crippen LogP contribution < -0.4 is 20.9 Å². The Labute approximate surface area is 159 Å². The van der Waals surface area contributed by atoms with Gasteiger partial charge in [0, 0.05) is 11.6 Å². The zero-order valence-corrected chi connectivity index (χ0v) is 15.3. The van der Waals surface area contributed by atoms with Gasteiger partial charge in [0.05, 0.1) is 24.7 Å². The summed E-state index contributed by atoms with van der Waals surface area (Å²) in [4.78, 5) is 51.8. The molecule has 4 rings (SSSR count). The van der Waals surface area contributed by atoms with Crippen LogP contribution in [0.2, 0.25) is 0 Å². The lowest BCUT2D eigenvalue weighted by atomic mass is 10.2. The average molecular weight is 386 g/mol. The van der Waals surface area contributed by atoms with Crippen molar-refractivity contribution in [1.82, 2.24) is 10.2 Å². The fourth-order valence-electron chi connectivity index (χ4n) is 3.53. The van der Waals surface area contributed by atoms with Crippen molar-refractivity contribution in [2.45, 2.75) is 37.9 Å². The average Bonchev–Trinajstić information content (AvgIpc) is 3.40. The maximum Gasteiger partial charge on any atom is 0.431 e. The molecule has 1 aromatic heterocycles. The summed E-state index contributed by atoms with van der Waals surface area (Å²) in [5.74, 6) is -1.24. The molecule has 2 fully saturated rings. The van der Waals surface area contributed by atoms with Gasteiger partial charge in [-0.25, -0.2) is 9.69 Å². The standard InChI is InChI=1S/C18H19N5O5/c1-21-14(18(27)28-20-21)9-22(11-6-7-11)13-8-15(24)23(17(13)26)12-4-2-10(3-5-12)16(19)25/h2-5,11,13H,6-9H2,1H3,(H2-,19,20,25,27)/p+1. The minimum atomic E-state index is -0.648. The highest BCUT2D eigenvalue weighted by molar-refractivity contribution is 6.22. The van der Waals surface area contributed by atoms with Gasteiger partial charge >= 0.3 is 11.3 Å². The van der Waals surface area contributed by atoms with Crippen molar-refractivity contribution in [2.75, 3.05) is 4.90 Å². The highest BCUT2D eigenvalue weighted by Crippen LogP contribution is 2.34. The Morgan fingerprint density at radius 2 is 1.96 bits per heavy atom. The van der Waals surface area contributed by atoms with Crippen molar-refractivity contribution in [3.05, 3.63) is 45.9 Å². The Balaban J connectivity index is 1.59. The summed E-state index contributed by atoms with van der Waals surface area (Å²) in [5.41, 5.74) is 5.81. The smallest absolute Gasteiger partial charge is 0.366 e. The molecule has 2 aliphatic rings. The molecule has 3 amide bonds. The molecule has 146 valence electrons. The van der Waals surface area contributed by atoms with E-state index in [0.29, 0.717) is 16.9 Å². The molecule has 1 aliphatic heterocycles. The number of rotatable bonds is 6. The number of anilines is 1. The number of amides is 3. The summed E-state index contributed by atoms with van der Waals surface area (Å²) in [6, 6.07) is 5.52.